The van der Waals surface area contributed by atoms with E-state index in [1.807, 2.05) is 25.2 Å². The Balaban J connectivity index is 1.88. The SMILES string of the molecule is CC(C)c1ccc(-c2csc3nc(Cl)nc(N(C)c4ccccc4)c23)cc1. The summed E-state index contributed by atoms with van der Waals surface area (Å²) in [5.41, 5.74) is 4.69. The first-order valence-corrected chi connectivity index (χ1v) is 10.1. The van der Waals surface area contributed by atoms with E-state index in [-0.39, 0.29) is 5.28 Å². The van der Waals surface area contributed by atoms with Crippen molar-refractivity contribution in [2.75, 3.05) is 11.9 Å². The summed E-state index contributed by atoms with van der Waals surface area (Å²) in [5.74, 6) is 1.33. The van der Waals surface area contributed by atoms with Crippen molar-refractivity contribution in [1.82, 2.24) is 9.97 Å². The topological polar surface area (TPSA) is 29.0 Å². The van der Waals surface area contributed by atoms with Gasteiger partial charge in [0.1, 0.15) is 10.6 Å². The minimum absolute atomic E-state index is 0.267. The first kappa shape index (κ1) is 18.0. The van der Waals surface area contributed by atoms with Crippen molar-refractivity contribution in [3.63, 3.8) is 0 Å². The van der Waals surface area contributed by atoms with Crippen LogP contribution in [0.1, 0.15) is 25.3 Å². The van der Waals surface area contributed by atoms with Gasteiger partial charge in [-0.1, -0.05) is 56.3 Å². The summed E-state index contributed by atoms with van der Waals surface area (Å²) < 4.78 is 0. The number of nitrogens with zero attached hydrogens (tertiary/aromatic N) is 3. The van der Waals surface area contributed by atoms with E-state index in [0.717, 1.165) is 27.3 Å². The molecule has 0 saturated heterocycles. The highest BCUT2D eigenvalue weighted by atomic mass is 35.5. The van der Waals surface area contributed by atoms with Gasteiger partial charge in [0.15, 0.2) is 0 Å². The van der Waals surface area contributed by atoms with Gasteiger partial charge in [0.25, 0.3) is 0 Å². The molecule has 0 spiro atoms. The molecule has 2 aromatic heterocycles. The van der Waals surface area contributed by atoms with E-state index in [0.29, 0.717) is 5.92 Å². The maximum Gasteiger partial charge on any atom is 0.225 e. The van der Waals surface area contributed by atoms with Gasteiger partial charge in [0.2, 0.25) is 5.28 Å². The van der Waals surface area contributed by atoms with E-state index in [9.17, 15) is 0 Å². The average Bonchev–Trinajstić information content (AvgIpc) is 3.11. The van der Waals surface area contributed by atoms with E-state index in [1.165, 1.54) is 11.1 Å². The highest BCUT2D eigenvalue weighted by molar-refractivity contribution is 7.17. The van der Waals surface area contributed by atoms with Gasteiger partial charge in [-0.3, -0.25) is 0 Å². The molecule has 0 unspecified atom stereocenters. The Bertz CT molecular complexity index is 1070. The predicted octanol–water partition coefficient (Wildman–Crippen LogP) is 6.90. The van der Waals surface area contributed by atoms with Crippen LogP contribution in [0, 0.1) is 0 Å². The molecule has 2 heterocycles. The van der Waals surface area contributed by atoms with Crippen molar-refractivity contribution in [2.45, 2.75) is 19.8 Å². The maximum absolute atomic E-state index is 6.22. The lowest BCUT2D eigenvalue weighted by Crippen LogP contribution is -2.12. The van der Waals surface area contributed by atoms with Gasteiger partial charge in [-0.05, 0) is 40.8 Å². The second-order valence-corrected chi connectivity index (χ2v) is 8.01. The van der Waals surface area contributed by atoms with Gasteiger partial charge in [0.05, 0.1) is 5.39 Å². The number of fused-ring (bicyclic) bond motifs is 1. The van der Waals surface area contributed by atoms with E-state index in [4.69, 9.17) is 11.6 Å². The van der Waals surface area contributed by atoms with Crippen molar-refractivity contribution >= 4 is 44.7 Å². The maximum atomic E-state index is 6.22. The zero-order chi connectivity index (χ0) is 19.0. The summed E-state index contributed by atoms with van der Waals surface area (Å²) >= 11 is 7.82. The van der Waals surface area contributed by atoms with Crippen LogP contribution in [0.15, 0.2) is 60.0 Å². The van der Waals surface area contributed by atoms with E-state index >= 15 is 0 Å². The zero-order valence-corrected chi connectivity index (χ0v) is 17.1. The molecule has 0 fully saturated rings. The van der Waals surface area contributed by atoms with Crippen molar-refractivity contribution in [2.24, 2.45) is 0 Å². The fraction of sp³-hybridized carbons (Fsp3) is 0.182. The Labute approximate surface area is 168 Å². The summed E-state index contributed by atoms with van der Waals surface area (Å²) in [4.78, 5) is 12.0. The van der Waals surface area contributed by atoms with Crippen LogP contribution >= 0.6 is 22.9 Å². The van der Waals surface area contributed by atoms with Crippen LogP contribution in [0.25, 0.3) is 21.3 Å². The molecule has 0 aliphatic carbocycles. The molecule has 0 amide bonds. The molecule has 27 heavy (non-hydrogen) atoms. The first-order chi connectivity index (χ1) is 13.0. The number of aromatic nitrogens is 2. The standard InChI is InChI=1S/C22H20ClN3S/c1-14(2)15-9-11-16(12-10-15)18-13-27-21-19(18)20(24-22(23)25-21)26(3)17-7-5-4-6-8-17/h4-14H,1-3H3. The average molecular weight is 394 g/mol. The van der Waals surface area contributed by atoms with Gasteiger partial charge >= 0.3 is 0 Å². The minimum atomic E-state index is 0.267. The van der Waals surface area contributed by atoms with Crippen LogP contribution < -0.4 is 4.90 Å². The third-order valence-corrected chi connectivity index (χ3v) is 5.78. The number of thiophene rings is 1. The number of rotatable bonds is 4. The Morgan fingerprint density at radius 2 is 1.67 bits per heavy atom. The molecule has 0 bridgehead atoms. The zero-order valence-electron chi connectivity index (χ0n) is 15.5. The molecular formula is C22H20ClN3S. The minimum Gasteiger partial charge on any atom is -0.329 e. The second kappa shape index (κ2) is 7.29. The Kier molecular flexibility index (Phi) is 4.85. The van der Waals surface area contributed by atoms with Crippen LogP contribution in [0.5, 0.6) is 0 Å². The Morgan fingerprint density at radius 3 is 2.33 bits per heavy atom. The summed E-state index contributed by atoms with van der Waals surface area (Å²) in [6, 6.07) is 18.9. The van der Waals surface area contributed by atoms with Crippen molar-refractivity contribution in [1.29, 1.82) is 0 Å². The monoisotopic (exact) mass is 393 g/mol. The molecule has 0 atom stereocenters. The van der Waals surface area contributed by atoms with Crippen LogP contribution in [-0.4, -0.2) is 17.0 Å². The van der Waals surface area contributed by atoms with Crippen LogP contribution in [-0.2, 0) is 0 Å². The lowest BCUT2D eigenvalue weighted by atomic mass is 9.99. The Morgan fingerprint density at radius 1 is 0.963 bits per heavy atom. The smallest absolute Gasteiger partial charge is 0.225 e. The lowest BCUT2D eigenvalue weighted by molar-refractivity contribution is 0.867. The molecule has 4 aromatic rings. The van der Waals surface area contributed by atoms with Gasteiger partial charge in [0, 0.05) is 23.7 Å². The number of benzene rings is 2. The van der Waals surface area contributed by atoms with Crippen molar-refractivity contribution in [3.8, 4) is 11.1 Å². The molecular weight excluding hydrogens is 374 g/mol. The van der Waals surface area contributed by atoms with Gasteiger partial charge in [-0.2, -0.15) is 4.98 Å². The molecule has 0 radical (unpaired) electrons. The van der Waals surface area contributed by atoms with E-state index in [2.05, 4.69) is 70.5 Å². The van der Waals surface area contributed by atoms with Gasteiger partial charge in [-0.25, -0.2) is 4.98 Å². The molecule has 0 saturated carbocycles. The van der Waals surface area contributed by atoms with E-state index in [1.54, 1.807) is 11.3 Å². The van der Waals surface area contributed by atoms with Crippen LogP contribution in [0.4, 0.5) is 11.5 Å². The van der Waals surface area contributed by atoms with Gasteiger partial charge < -0.3 is 4.90 Å². The number of hydrogen-bond donors (Lipinski definition) is 0. The number of anilines is 2. The molecule has 136 valence electrons. The van der Waals surface area contributed by atoms with Gasteiger partial charge in [-0.15, -0.1) is 11.3 Å². The summed E-state index contributed by atoms with van der Waals surface area (Å²) in [7, 11) is 2.01. The largest absolute Gasteiger partial charge is 0.329 e. The highest BCUT2D eigenvalue weighted by Crippen LogP contribution is 2.40. The fourth-order valence-corrected chi connectivity index (χ4v) is 4.33. The summed E-state index contributed by atoms with van der Waals surface area (Å²) in [6.07, 6.45) is 0. The fourth-order valence-electron chi connectivity index (χ4n) is 3.17. The molecule has 0 aliphatic rings. The number of hydrogen-bond acceptors (Lipinski definition) is 4. The summed E-state index contributed by atoms with van der Waals surface area (Å²) in [5, 5.41) is 3.44. The third-order valence-electron chi connectivity index (χ3n) is 4.74. The second-order valence-electron chi connectivity index (χ2n) is 6.82. The molecule has 0 aliphatic heterocycles. The van der Waals surface area contributed by atoms with Crippen LogP contribution in [0.3, 0.4) is 0 Å². The molecule has 5 heteroatoms. The van der Waals surface area contributed by atoms with Crippen LogP contribution in [0.2, 0.25) is 5.28 Å². The molecule has 2 aromatic carbocycles. The summed E-state index contributed by atoms with van der Waals surface area (Å²) in [6.45, 7) is 4.41. The first-order valence-electron chi connectivity index (χ1n) is 8.88. The van der Waals surface area contributed by atoms with Crippen molar-refractivity contribution < 1.29 is 0 Å². The molecule has 3 nitrogen and oxygen atoms in total. The Hall–Kier alpha value is -2.43. The number of halogens is 1. The lowest BCUT2D eigenvalue weighted by Gasteiger charge is -2.20. The van der Waals surface area contributed by atoms with Crippen molar-refractivity contribution in [3.05, 3.63) is 70.8 Å². The molecule has 4 rings (SSSR count). The number of para-hydroxylation sites is 1. The third kappa shape index (κ3) is 3.43. The predicted molar refractivity (Wildman–Crippen MR) is 116 cm³/mol. The van der Waals surface area contributed by atoms with E-state index < -0.39 is 0 Å². The molecule has 0 N–H and O–H groups in total. The highest BCUT2D eigenvalue weighted by Gasteiger charge is 2.18. The quantitative estimate of drug-likeness (QED) is 0.353. The normalized spacial score (nSPS) is 11.3.